The molecule has 0 saturated carbocycles. The van der Waals surface area contributed by atoms with Crippen molar-refractivity contribution < 1.29 is 13.5 Å². The van der Waals surface area contributed by atoms with Crippen molar-refractivity contribution in [2.24, 2.45) is 5.92 Å². The standard InChI is InChI=1S/C7H13F2O/c1-6(2)5-10-7(3-8)4-9/h5-7H,3-4H2,1-2H3. The summed E-state index contributed by atoms with van der Waals surface area (Å²) >= 11 is 0. The number of rotatable bonds is 5. The van der Waals surface area contributed by atoms with E-state index in [0.29, 0.717) is 0 Å². The summed E-state index contributed by atoms with van der Waals surface area (Å²) < 4.78 is 28.2. The van der Waals surface area contributed by atoms with Gasteiger partial charge in [-0.1, -0.05) is 13.8 Å². The van der Waals surface area contributed by atoms with Gasteiger partial charge in [0, 0.05) is 0 Å². The molecule has 0 N–H and O–H groups in total. The fourth-order valence-corrected chi connectivity index (χ4v) is 0.382. The predicted octanol–water partition coefficient (Wildman–Crippen LogP) is 2.13. The van der Waals surface area contributed by atoms with E-state index < -0.39 is 19.5 Å². The molecule has 0 rings (SSSR count). The minimum Gasteiger partial charge on any atom is -0.367 e. The summed E-state index contributed by atoms with van der Waals surface area (Å²) in [5.41, 5.74) is 0. The van der Waals surface area contributed by atoms with E-state index in [4.69, 9.17) is 4.74 Å². The first-order chi connectivity index (χ1) is 4.70. The fourth-order valence-electron chi connectivity index (χ4n) is 0.382. The molecule has 0 heterocycles. The highest BCUT2D eigenvalue weighted by molar-refractivity contribution is 4.61. The molecule has 0 bridgehead atoms. The van der Waals surface area contributed by atoms with Crippen molar-refractivity contribution in [2.45, 2.75) is 20.0 Å². The second kappa shape index (κ2) is 5.59. The quantitative estimate of drug-likeness (QED) is 0.584. The molecule has 0 aliphatic rings. The number of hydrogen-bond acceptors (Lipinski definition) is 1. The molecule has 1 radical (unpaired) electrons. The van der Waals surface area contributed by atoms with Crippen LogP contribution in [0.1, 0.15) is 13.8 Å². The second-order valence-electron chi connectivity index (χ2n) is 2.45. The van der Waals surface area contributed by atoms with Crippen LogP contribution in [0.25, 0.3) is 0 Å². The molecule has 0 aromatic carbocycles. The van der Waals surface area contributed by atoms with E-state index in [0.717, 1.165) is 0 Å². The minimum absolute atomic E-state index is 0.209. The Morgan fingerprint density at radius 1 is 1.30 bits per heavy atom. The predicted molar refractivity (Wildman–Crippen MR) is 36.0 cm³/mol. The smallest absolute Gasteiger partial charge is 0.118 e. The van der Waals surface area contributed by atoms with Crippen molar-refractivity contribution in [3.8, 4) is 0 Å². The molecule has 0 aromatic heterocycles. The Morgan fingerprint density at radius 3 is 2.10 bits per heavy atom. The largest absolute Gasteiger partial charge is 0.367 e. The number of ether oxygens (including phenoxy) is 1. The molecule has 0 saturated heterocycles. The summed E-state index contributed by atoms with van der Waals surface area (Å²) in [6.07, 6.45) is -0.901. The Labute approximate surface area is 60.4 Å². The van der Waals surface area contributed by atoms with E-state index in [1.807, 2.05) is 13.8 Å². The van der Waals surface area contributed by atoms with Crippen LogP contribution in [-0.2, 0) is 4.74 Å². The molecule has 1 nitrogen and oxygen atoms in total. The average Bonchev–Trinajstić information content (AvgIpc) is 1.90. The topological polar surface area (TPSA) is 9.23 Å². The molecule has 3 heteroatoms. The Bertz CT molecular complexity index is 72.0. The first kappa shape index (κ1) is 9.82. The van der Waals surface area contributed by atoms with Crippen molar-refractivity contribution in [1.29, 1.82) is 0 Å². The van der Waals surface area contributed by atoms with Crippen molar-refractivity contribution in [2.75, 3.05) is 13.3 Å². The van der Waals surface area contributed by atoms with Gasteiger partial charge in [-0.05, 0) is 5.92 Å². The summed E-state index contributed by atoms with van der Waals surface area (Å²) in [6.45, 7) is 3.68. The molecule has 0 spiro atoms. The maximum absolute atomic E-state index is 11.7. The first-order valence-corrected chi connectivity index (χ1v) is 3.31. The third-order valence-electron chi connectivity index (χ3n) is 0.887. The van der Waals surface area contributed by atoms with Gasteiger partial charge in [-0.25, -0.2) is 8.78 Å². The van der Waals surface area contributed by atoms with Crippen LogP contribution in [0.3, 0.4) is 0 Å². The maximum atomic E-state index is 11.7. The van der Waals surface area contributed by atoms with Crippen molar-refractivity contribution in [1.82, 2.24) is 0 Å². The Kier molecular flexibility index (Phi) is 5.49. The summed E-state index contributed by atoms with van der Waals surface area (Å²) in [4.78, 5) is 0. The van der Waals surface area contributed by atoms with Gasteiger partial charge in [0.2, 0.25) is 0 Å². The molecule has 10 heavy (non-hydrogen) atoms. The number of alkyl halides is 2. The number of halogens is 2. The van der Waals surface area contributed by atoms with Crippen LogP contribution in [0, 0.1) is 12.5 Å². The zero-order chi connectivity index (χ0) is 7.98. The highest BCUT2D eigenvalue weighted by atomic mass is 19.1. The van der Waals surface area contributed by atoms with Crippen LogP contribution in [0.15, 0.2) is 0 Å². The van der Waals surface area contributed by atoms with Gasteiger partial charge in [-0.15, -0.1) is 0 Å². The minimum atomic E-state index is -0.901. The molecular formula is C7H13F2O. The first-order valence-electron chi connectivity index (χ1n) is 3.31. The average molecular weight is 151 g/mol. The van der Waals surface area contributed by atoms with E-state index in [-0.39, 0.29) is 5.92 Å². The van der Waals surface area contributed by atoms with E-state index in [9.17, 15) is 8.78 Å². The third kappa shape index (κ3) is 4.68. The molecule has 0 atom stereocenters. The van der Waals surface area contributed by atoms with Crippen LogP contribution in [0.2, 0.25) is 0 Å². The summed E-state index contributed by atoms with van der Waals surface area (Å²) in [6, 6.07) is 0. The van der Waals surface area contributed by atoms with Gasteiger partial charge in [-0.2, -0.15) is 0 Å². The van der Waals surface area contributed by atoms with Crippen molar-refractivity contribution >= 4 is 0 Å². The summed E-state index contributed by atoms with van der Waals surface area (Å²) in [5.74, 6) is 0.209. The molecule has 61 valence electrons. The highest BCUT2D eigenvalue weighted by Crippen LogP contribution is 2.04. The van der Waals surface area contributed by atoms with E-state index >= 15 is 0 Å². The van der Waals surface area contributed by atoms with Gasteiger partial charge in [0.1, 0.15) is 19.5 Å². The Hall–Kier alpha value is -0.180. The van der Waals surface area contributed by atoms with Gasteiger partial charge in [0.05, 0.1) is 6.61 Å². The second-order valence-corrected chi connectivity index (χ2v) is 2.45. The lowest BCUT2D eigenvalue weighted by Gasteiger charge is -2.11. The third-order valence-corrected chi connectivity index (χ3v) is 0.887. The number of hydrogen-bond donors (Lipinski definition) is 0. The van der Waals surface area contributed by atoms with Gasteiger partial charge in [0.25, 0.3) is 0 Å². The van der Waals surface area contributed by atoms with Gasteiger partial charge >= 0.3 is 0 Å². The maximum Gasteiger partial charge on any atom is 0.118 e. The lowest BCUT2D eigenvalue weighted by molar-refractivity contribution is 0.0488. The van der Waals surface area contributed by atoms with Gasteiger partial charge in [0.15, 0.2) is 0 Å². The van der Waals surface area contributed by atoms with E-state index in [1.54, 1.807) is 0 Å². The van der Waals surface area contributed by atoms with Crippen molar-refractivity contribution in [3.05, 3.63) is 6.61 Å². The van der Waals surface area contributed by atoms with E-state index in [2.05, 4.69) is 0 Å². The molecule has 0 fully saturated rings. The normalized spacial score (nSPS) is 11.4. The monoisotopic (exact) mass is 151 g/mol. The lowest BCUT2D eigenvalue weighted by atomic mass is 10.2. The van der Waals surface area contributed by atoms with Crippen LogP contribution in [0.4, 0.5) is 8.78 Å². The Balaban J connectivity index is 3.26. The molecule has 0 aliphatic heterocycles. The van der Waals surface area contributed by atoms with Crippen LogP contribution in [0.5, 0.6) is 0 Å². The zero-order valence-electron chi connectivity index (χ0n) is 6.31. The van der Waals surface area contributed by atoms with Crippen LogP contribution < -0.4 is 0 Å². The van der Waals surface area contributed by atoms with E-state index in [1.165, 1.54) is 6.61 Å². The molecule has 0 aromatic rings. The van der Waals surface area contributed by atoms with Crippen LogP contribution >= 0.6 is 0 Å². The van der Waals surface area contributed by atoms with Gasteiger partial charge in [-0.3, -0.25) is 0 Å². The summed E-state index contributed by atoms with van der Waals surface area (Å²) in [5, 5.41) is 0. The molecular weight excluding hydrogens is 138 g/mol. The molecule has 0 aliphatic carbocycles. The molecule has 0 amide bonds. The Morgan fingerprint density at radius 2 is 1.80 bits per heavy atom. The highest BCUT2D eigenvalue weighted by Gasteiger charge is 2.08. The lowest BCUT2D eigenvalue weighted by Crippen LogP contribution is -2.17. The summed E-state index contributed by atoms with van der Waals surface area (Å²) in [7, 11) is 0. The van der Waals surface area contributed by atoms with Gasteiger partial charge < -0.3 is 4.74 Å². The SMILES string of the molecule is CC(C)[CH]OC(CF)CF. The zero-order valence-corrected chi connectivity index (χ0v) is 6.31. The molecule has 0 unspecified atom stereocenters. The fraction of sp³-hybridized carbons (Fsp3) is 0.857. The van der Waals surface area contributed by atoms with Crippen LogP contribution in [-0.4, -0.2) is 19.5 Å². The van der Waals surface area contributed by atoms with Crippen molar-refractivity contribution in [3.63, 3.8) is 0 Å².